The van der Waals surface area contributed by atoms with E-state index in [4.69, 9.17) is 0 Å². The van der Waals surface area contributed by atoms with E-state index in [1.807, 2.05) is 0 Å². The average Bonchev–Trinajstić information content (AvgIpc) is 2.34. The van der Waals surface area contributed by atoms with Crippen LogP contribution in [0.25, 0.3) is 0 Å². The molecule has 0 saturated carbocycles. The van der Waals surface area contributed by atoms with Gasteiger partial charge in [0.2, 0.25) is 0 Å². The maximum atomic E-state index is 4.27. The third-order valence-corrected chi connectivity index (χ3v) is 2.98. The molecule has 0 radical (unpaired) electrons. The molecule has 2 atom stereocenters. The molecule has 0 bridgehead atoms. The summed E-state index contributed by atoms with van der Waals surface area (Å²) in [6.45, 7) is 5.79. The lowest BCUT2D eigenvalue weighted by Crippen LogP contribution is -2.35. The topological polar surface area (TPSA) is 3.24 Å². The van der Waals surface area contributed by atoms with E-state index < -0.39 is 0 Å². The minimum atomic E-state index is 0.798. The van der Waals surface area contributed by atoms with Crippen LogP contribution in [0.3, 0.4) is 0 Å². The van der Waals surface area contributed by atoms with Crippen molar-refractivity contribution in [3.05, 3.63) is 0 Å². The van der Waals surface area contributed by atoms with Crippen molar-refractivity contribution >= 4 is 12.6 Å². The van der Waals surface area contributed by atoms with Crippen LogP contribution in [-0.4, -0.2) is 29.3 Å². The van der Waals surface area contributed by atoms with Crippen LogP contribution in [0.5, 0.6) is 0 Å². The predicted molar refractivity (Wildman–Crippen MR) is 53.3 cm³/mol. The fourth-order valence-corrected chi connectivity index (χ4v) is 2.31. The van der Waals surface area contributed by atoms with E-state index in [2.05, 4.69) is 31.4 Å². The molecular formula is C9H19NS. The minimum Gasteiger partial charge on any atom is -0.297 e. The van der Waals surface area contributed by atoms with Crippen molar-refractivity contribution < 1.29 is 0 Å². The lowest BCUT2D eigenvalue weighted by Gasteiger charge is -2.26. The first kappa shape index (κ1) is 9.40. The maximum absolute atomic E-state index is 4.27. The summed E-state index contributed by atoms with van der Waals surface area (Å²) in [7, 11) is 0. The van der Waals surface area contributed by atoms with Crippen LogP contribution in [0.15, 0.2) is 0 Å². The zero-order valence-electron chi connectivity index (χ0n) is 7.58. The summed E-state index contributed by atoms with van der Waals surface area (Å²) >= 11 is 4.27. The van der Waals surface area contributed by atoms with E-state index in [0.29, 0.717) is 0 Å². The molecule has 1 fully saturated rings. The van der Waals surface area contributed by atoms with Gasteiger partial charge in [0.1, 0.15) is 0 Å². The Morgan fingerprint density at radius 1 is 1.45 bits per heavy atom. The predicted octanol–water partition coefficient (Wildman–Crippen LogP) is 2.18. The quantitative estimate of drug-likeness (QED) is 0.640. The molecule has 0 aromatic carbocycles. The monoisotopic (exact) mass is 173 g/mol. The van der Waals surface area contributed by atoms with Gasteiger partial charge in [-0.25, -0.2) is 0 Å². The van der Waals surface area contributed by atoms with E-state index >= 15 is 0 Å². The fraction of sp³-hybridized carbons (Fsp3) is 1.00. The summed E-state index contributed by atoms with van der Waals surface area (Å²) in [4.78, 5) is 2.60. The van der Waals surface area contributed by atoms with Crippen LogP contribution < -0.4 is 0 Å². The van der Waals surface area contributed by atoms with Crippen molar-refractivity contribution in [1.82, 2.24) is 4.90 Å². The van der Waals surface area contributed by atoms with Crippen molar-refractivity contribution in [3.63, 3.8) is 0 Å². The maximum Gasteiger partial charge on any atom is 0.00963 e. The fourth-order valence-electron chi connectivity index (χ4n) is 2.08. The van der Waals surface area contributed by atoms with Gasteiger partial charge in [-0.2, -0.15) is 12.6 Å². The third-order valence-electron chi connectivity index (χ3n) is 2.78. The molecule has 0 aromatic rings. The second-order valence-electron chi connectivity index (χ2n) is 3.45. The normalized spacial score (nSPS) is 33.0. The second kappa shape index (κ2) is 4.36. The van der Waals surface area contributed by atoms with Gasteiger partial charge in [0.15, 0.2) is 0 Å². The van der Waals surface area contributed by atoms with Gasteiger partial charge in [-0.3, -0.25) is 4.90 Å². The zero-order chi connectivity index (χ0) is 8.27. The van der Waals surface area contributed by atoms with Crippen molar-refractivity contribution in [2.45, 2.75) is 45.2 Å². The van der Waals surface area contributed by atoms with Gasteiger partial charge in [0, 0.05) is 24.4 Å². The smallest absolute Gasteiger partial charge is 0.00963 e. The summed E-state index contributed by atoms with van der Waals surface area (Å²) in [5, 5.41) is 0. The third kappa shape index (κ3) is 2.12. The van der Waals surface area contributed by atoms with Gasteiger partial charge in [-0.15, -0.1) is 0 Å². The Hall–Kier alpha value is 0.310. The molecule has 0 N–H and O–H groups in total. The lowest BCUT2D eigenvalue weighted by atomic mass is 10.2. The molecule has 2 heteroatoms. The molecule has 1 saturated heterocycles. The van der Waals surface area contributed by atoms with E-state index in [0.717, 1.165) is 17.8 Å². The van der Waals surface area contributed by atoms with Crippen LogP contribution in [0.1, 0.15) is 33.1 Å². The Balaban J connectivity index is 2.42. The van der Waals surface area contributed by atoms with Crippen LogP contribution in [-0.2, 0) is 0 Å². The first-order valence-corrected chi connectivity index (χ1v) is 5.29. The van der Waals surface area contributed by atoms with Crippen molar-refractivity contribution in [1.29, 1.82) is 0 Å². The average molecular weight is 173 g/mol. The van der Waals surface area contributed by atoms with Crippen LogP contribution in [0.2, 0.25) is 0 Å². The van der Waals surface area contributed by atoms with Crippen LogP contribution >= 0.6 is 12.6 Å². The zero-order valence-corrected chi connectivity index (χ0v) is 8.48. The Morgan fingerprint density at radius 2 is 2.18 bits per heavy atom. The van der Waals surface area contributed by atoms with E-state index in [1.54, 1.807) is 0 Å². The molecule has 0 aromatic heterocycles. The summed E-state index contributed by atoms with van der Waals surface area (Å²) < 4.78 is 0. The van der Waals surface area contributed by atoms with E-state index in [9.17, 15) is 0 Å². The number of likely N-dealkylation sites (tertiary alicyclic amines) is 1. The summed E-state index contributed by atoms with van der Waals surface area (Å²) in [5.74, 6) is 1.00. The Bertz CT molecular complexity index is 116. The highest BCUT2D eigenvalue weighted by atomic mass is 32.1. The first-order chi connectivity index (χ1) is 5.29. The Labute approximate surface area is 75.6 Å². The number of hydrogen-bond acceptors (Lipinski definition) is 2. The molecule has 66 valence electrons. The molecular weight excluding hydrogens is 154 g/mol. The highest BCUT2D eigenvalue weighted by molar-refractivity contribution is 7.80. The van der Waals surface area contributed by atoms with Gasteiger partial charge in [0.25, 0.3) is 0 Å². The SMILES string of the molecule is CCC1CCC(C)N1CCS. The number of nitrogens with zero attached hydrogens (tertiary/aromatic N) is 1. The molecule has 1 aliphatic rings. The molecule has 0 spiro atoms. The number of thiol groups is 1. The molecule has 1 heterocycles. The van der Waals surface area contributed by atoms with Crippen molar-refractivity contribution in [3.8, 4) is 0 Å². The molecule has 11 heavy (non-hydrogen) atoms. The second-order valence-corrected chi connectivity index (χ2v) is 3.90. The summed E-state index contributed by atoms with van der Waals surface area (Å²) in [5.41, 5.74) is 0. The first-order valence-electron chi connectivity index (χ1n) is 4.66. The summed E-state index contributed by atoms with van der Waals surface area (Å²) in [6, 6.07) is 1.64. The lowest BCUT2D eigenvalue weighted by molar-refractivity contribution is 0.212. The van der Waals surface area contributed by atoms with Crippen LogP contribution in [0.4, 0.5) is 0 Å². The summed E-state index contributed by atoms with van der Waals surface area (Å²) in [6.07, 6.45) is 4.08. The van der Waals surface area contributed by atoms with Gasteiger partial charge in [-0.1, -0.05) is 6.92 Å². The van der Waals surface area contributed by atoms with Crippen molar-refractivity contribution in [2.24, 2.45) is 0 Å². The van der Waals surface area contributed by atoms with Gasteiger partial charge < -0.3 is 0 Å². The highest BCUT2D eigenvalue weighted by Crippen LogP contribution is 2.25. The molecule has 2 unspecified atom stereocenters. The van der Waals surface area contributed by atoms with Crippen molar-refractivity contribution in [2.75, 3.05) is 12.3 Å². The number of rotatable bonds is 3. The van der Waals surface area contributed by atoms with Crippen LogP contribution in [0, 0.1) is 0 Å². The van der Waals surface area contributed by atoms with E-state index in [-0.39, 0.29) is 0 Å². The van der Waals surface area contributed by atoms with Gasteiger partial charge in [0.05, 0.1) is 0 Å². The van der Waals surface area contributed by atoms with Gasteiger partial charge in [-0.05, 0) is 26.2 Å². The standard InChI is InChI=1S/C9H19NS/c1-3-9-5-4-8(2)10(9)6-7-11/h8-9,11H,3-7H2,1-2H3. The molecule has 0 aliphatic carbocycles. The molecule has 1 rings (SSSR count). The minimum absolute atomic E-state index is 0.798. The van der Waals surface area contributed by atoms with E-state index in [1.165, 1.54) is 25.8 Å². The largest absolute Gasteiger partial charge is 0.297 e. The Morgan fingerprint density at radius 3 is 2.73 bits per heavy atom. The highest BCUT2D eigenvalue weighted by Gasteiger charge is 2.27. The Kier molecular flexibility index (Phi) is 3.73. The van der Waals surface area contributed by atoms with Gasteiger partial charge >= 0.3 is 0 Å². The molecule has 1 aliphatic heterocycles. The molecule has 1 nitrogen and oxygen atoms in total. The number of hydrogen-bond donors (Lipinski definition) is 1. The molecule has 0 amide bonds.